The summed E-state index contributed by atoms with van der Waals surface area (Å²) in [6.45, 7) is 4.54. The highest BCUT2D eigenvalue weighted by Gasteiger charge is 2.33. The normalized spacial score (nSPS) is 19.2. The Morgan fingerprint density at radius 2 is 1.97 bits per heavy atom. The van der Waals surface area contributed by atoms with Crippen LogP contribution in [0.15, 0.2) is 68.4 Å². The molecular formula is C26H29ClN8O3S. The van der Waals surface area contributed by atoms with Gasteiger partial charge in [0.2, 0.25) is 5.88 Å². The number of pyridine rings is 1. The average molecular weight is 569 g/mol. The van der Waals surface area contributed by atoms with Crippen LogP contribution >= 0.6 is 23.4 Å². The van der Waals surface area contributed by atoms with E-state index in [4.69, 9.17) is 23.1 Å². The number of aromatic nitrogens is 1. The molecule has 2 aliphatic rings. The van der Waals surface area contributed by atoms with Crippen molar-refractivity contribution in [3.8, 4) is 11.6 Å². The standard InChI is InChI=1S/C26H29ClN8O3S/c1-26(13-28)9-11-35(12-10-26)25-32-21(29)24(33-34-25)39-17-8-4-7-16(19(17)27)31-23(38)18-20(36)14-5-2-3-6-15(14)30-22(18)37/h2-8,25,32H,9-13,28-29H2,1H3,(H,31,38)(H2,30,36,37). The summed E-state index contributed by atoms with van der Waals surface area (Å²) < 4.78 is 0. The fourth-order valence-electron chi connectivity index (χ4n) is 4.51. The molecule has 1 atom stereocenters. The van der Waals surface area contributed by atoms with Gasteiger partial charge in [0.1, 0.15) is 17.1 Å². The zero-order valence-electron chi connectivity index (χ0n) is 21.2. The maximum absolute atomic E-state index is 13.0. The number of para-hydroxylation sites is 1. The molecule has 1 amide bonds. The second-order valence-corrected chi connectivity index (χ2v) is 11.3. The first kappa shape index (κ1) is 27.0. The SMILES string of the molecule is CC1(CN)CCN(C2N=NC(Sc3cccc(NC(=O)c4c(O)nc5ccccc5c4O)c3Cl)=C(N)N2)CC1. The van der Waals surface area contributed by atoms with Gasteiger partial charge in [-0.1, -0.05) is 48.5 Å². The van der Waals surface area contributed by atoms with Gasteiger partial charge in [0, 0.05) is 23.4 Å². The molecule has 0 radical (unpaired) electrons. The number of carbonyl (C=O) groups is 1. The van der Waals surface area contributed by atoms with Gasteiger partial charge in [0.25, 0.3) is 5.91 Å². The van der Waals surface area contributed by atoms with Crippen LogP contribution in [0.2, 0.25) is 5.02 Å². The van der Waals surface area contributed by atoms with E-state index in [-0.39, 0.29) is 33.7 Å². The molecule has 2 aromatic carbocycles. The number of amides is 1. The molecule has 0 bridgehead atoms. The number of benzene rings is 2. The highest BCUT2D eigenvalue weighted by atomic mass is 35.5. The number of aromatic hydroxyl groups is 2. The first-order chi connectivity index (χ1) is 18.7. The molecule has 3 heterocycles. The molecule has 39 heavy (non-hydrogen) atoms. The number of nitrogens with one attached hydrogen (secondary N) is 2. The third kappa shape index (κ3) is 5.46. The average Bonchev–Trinajstić information content (AvgIpc) is 2.92. The lowest BCUT2D eigenvalue weighted by Gasteiger charge is -2.41. The van der Waals surface area contributed by atoms with Gasteiger partial charge in [0.05, 0.1) is 16.2 Å². The van der Waals surface area contributed by atoms with E-state index in [2.05, 4.69) is 37.7 Å². The van der Waals surface area contributed by atoms with Crippen molar-refractivity contribution < 1.29 is 15.0 Å². The molecule has 0 spiro atoms. The highest BCUT2D eigenvalue weighted by Crippen LogP contribution is 2.40. The first-order valence-electron chi connectivity index (χ1n) is 12.4. The minimum Gasteiger partial charge on any atom is -0.506 e. The molecule has 2 aliphatic heterocycles. The maximum Gasteiger partial charge on any atom is 0.265 e. The third-order valence-electron chi connectivity index (χ3n) is 7.11. The Balaban J connectivity index is 1.29. The van der Waals surface area contributed by atoms with Crippen LogP contribution in [0.1, 0.15) is 30.1 Å². The zero-order chi connectivity index (χ0) is 27.7. The van der Waals surface area contributed by atoms with Crippen LogP contribution in [-0.2, 0) is 0 Å². The van der Waals surface area contributed by atoms with Crippen LogP contribution in [0, 0.1) is 5.41 Å². The number of halogens is 1. The summed E-state index contributed by atoms with van der Waals surface area (Å²) in [5.74, 6) is -1.36. The fourth-order valence-corrected chi connectivity index (χ4v) is 5.61. The number of hydrogen-bond donors (Lipinski definition) is 6. The Hall–Kier alpha value is -3.58. The Morgan fingerprint density at radius 3 is 2.69 bits per heavy atom. The Kier molecular flexibility index (Phi) is 7.54. The van der Waals surface area contributed by atoms with E-state index in [0.717, 1.165) is 25.9 Å². The molecule has 3 aromatic rings. The van der Waals surface area contributed by atoms with Crippen molar-refractivity contribution in [2.24, 2.45) is 27.1 Å². The van der Waals surface area contributed by atoms with E-state index in [9.17, 15) is 15.0 Å². The predicted octanol–water partition coefficient (Wildman–Crippen LogP) is 4.13. The van der Waals surface area contributed by atoms with Gasteiger partial charge in [-0.25, -0.2) is 4.98 Å². The van der Waals surface area contributed by atoms with E-state index in [0.29, 0.717) is 33.2 Å². The molecule has 204 valence electrons. The quantitative estimate of drug-likeness (QED) is 0.255. The summed E-state index contributed by atoms with van der Waals surface area (Å²) >= 11 is 7.82. The smallest absolute Gasteiger partial charge is 0.265 e. The molecule has 1 fully saturated rings. The molecular weight excluding hydrogens is 540 g/mol. The number of anilines is 1. The number of nitrogens with two attached hydrogens (primary N) is 2. The predicted molar refractivity (Wildman–Crippen MR) is 151 cm³/mol. The van der Waals surface area contributed by atoms with Gasteiger partial charge in [-0.15, -0.1) is 10.2 Å². The minimum atomic E-state index is -0.764. The summed E-state index contributed by atoms with van der Waals surface area (Å²) in [5.41, 5.74) is 12.6. The number of fused-ring (bicyclic) bond motifs is 1. The number of thioether (sulfide) groups is 1. The number of carbonyl (C=O) groups excluding carboxylic acids is 1. The third-order valence-corrected chi connectivity index (χ3v) is 8.68. The van der Waals surface area contributed by atoms with E-state index in [1.807, 2.05) is 0 Å². The lowest BCUT2D eigenvalue weighted by molar-refractivity contribution is 0.0766. The maximum atomic E-state index is 13.0. The molecule has 1 aromatic heterocycles. The van der Waals surface area contributed by atoms with Gasteiger partial charge in [-0.05, 0) is 49.1 Å². The van der Waals surface area contributed by atoms with E-state index >= 15 is 0 Å². The second-order valence-electron chi connectivity index (χ2n) is 9.85. The van der Waals surface area contributed by atoms with Crippen molar-refractivity contribution in [3.05, 3.63) is 63.9 Å². The zero-order valence-corrected chi connectivity index (χ0v) is 22.8. The molecule has 11 nitrogen and oxygen atoms in total. The summed E-state index contributed by atoms with van der Waals surface area (Å²) in [4.78, 5) is 19.8. The Bertz CT molecular complexity index is 1490. The summed E-state index contributed by atoms with van der Waals surface area (Å²) in [7, 11) is 0. The van der Waals surface area contributed by atoms with Crippen molar-refractivity contribution in [1.29, 1.82) is 0 Å². The Morgan fingerprint density at radius 1 is 1.23 bits per heavy atom. The van der Waals surface area contributed by atoms with Crippen molar-refractivity contribution in [1.82, 2.24) is 15.2 Å². The highest BCUT2D eigenvalue weighted by molar-refractivity contribution is 8.03. The summed E-state index contributed by atoms with van der Waals surface area (Å²) in [5, 5.41) is 36.6. The molecule has 0 saturated carbocycles. The summed E-state index contributed by atoms with van der Waals surface area (Å²) in [6, 6.07) is 11.7. The van der Waals surface area contributed by atoms with Crippen molar-refractivity contribution in [2.75, 3.05) is 25.0 Å². The number of hydrogen-bond acceptors (Lipinski definition) is 11. The topological polar surface area (TPSA) is 174 Å². The number of likely N-dealkylation sites (tertiary alicyclic amines) is 1. The van der Waals surface area contributed by atoms with Gasteiger partial charge >= 0.3 is 0 Å². The first-order valence-corrected chi connectivity index (χ1v) is 13.6. The number of rotatable bonds is 6. The summed E-state index contributed by atoms with van der Waals surface area (Å²) in [6.07, 6.45) is 1.59. The van der Waals surface area contributed by atoms with Crippen LogP contribution in [0.4, 0.5) is 5.69 Å². The monoisotopic (exact) mass is 568 g/mol. The molecule has 8 N–H and O–H groups in total. The molecule has 5 rings (SSSR count). The number of piperidine rings is 1. The fraction of sp³-hybridized carbons (Fsp3) is 0.308. The largest absolute Gasteiger partial charge is 0.506 e. The van der Waals surface area contributed by atoms with Gasteiger partial charge in [-0.2, -0.15) is 0 Å². The van der Waals surface area contributed by atoms with E-state index in [1.165, 1.54) is 11.8 Å². The lowest BCUT2D eigenvalue weighted by atomic mass is 9.80. The van der Waals surface area contributed by atoms with Gasteiger partial charge in [-0.3, -0.25) is 9.69 Å². The van der Waals surface area contributed by atoms with E-state index in [1.54, 1.807) is 42.5 Å². The van der Waals surface area contributed by atoms with Crippen LogP contribution < -0.4 is 22.1 Å². The molecule has 0 aliphatic carbocycles. The van der Waals surface area contributed by atoms with Crippen molar-refractivity contribution in [3.63, 3.8) is 0 Å². The van der Waals surface area contributed by atoms with Crippen molar-refractivity contribution >= 4 is 45.9 Å². The van der Waals surface area contributed by atoms with Crippen LogP contribution in [0.5, 0.6) is 11.6 Å². The minimum absolute atomic E-state index is 0.143. The van der Waals surface area contributed by atoms with E-state index < -0.39 is 11.8 Å². The molecule has 1 saturated heterocycles. The molecule has 1 unspecified atom stereocenters. The number of azo groups is 1. The molecule has 13 heteroatoms. The van der Waals surface area contributed by atoms with Crippen molar-refractivity contribution in [2.45, 2.75) is 31.0 Å². The van der Waals surface area contributed by atoms with Crippen LogP contribution in [0.25, 0.3) is 10.9 Å². The lowest BCUT2D eigenvalue weighted by Crippen LogP contribution is -2.52. The second kappa shape index (κ2) is 10.9. The van der Waals surface area contributed by atoms with Gasteiger partial charge < -0.3 is 32.3 Å². The van der Waals surface area contributed by atoms with Crippen LogP contribution in [0.3, 0.4) is 0 Å². The van der Waals surface area contributed by atoms with Gasteiger partial charge in [0.15, 0.2) is 11.3 Å². The van der Waals surface area contributed by atoms with Crippen LogP contribution in [-0.4, -0.2) is 51.9 Å². The Labute approximate surface area is 234 Å². The number of nitrogens with zero attached hydrogens (tertiary/aromatic N) is 4.